The number of para-hydroxylation sites is 1. The predicted molar refractivity (Wildman–Crippen MR) is 147 cm³/mol. The highest BCUT2D eigenvalue weighted by Crippen LogP contribution is 2.42. The zero-order valence-corrected chi connectivity index (χ0v) is 22.8. The Hall–Kier alpha value is -2.78. The minimum atomic E-state index is -0.578. The van der Waals surface area contributed by atoms with Gasteiger partial charge in [-0.3, -0.25) is 14.5 Å². The molecule has 190 valence electrons. The van der Waals surface area contributed by atoms with E-state index in [1.54, 1.807) is 6.07 Å². The van der Waals surface area contributed by atoms with Gasteiger partial charge in [0.1, 0.15) is 0 Å². The van der Waals surface area contributed by atoms with Crippen LogP contribution in [0, 0.1) is 5.92 Å². The van der Waals surface area contributed by atoms with E-state index in [4.69, 9.17) is 20.2 Å². The predicted octanol–water partition coefficient (Wildman–Crippen LogP) is 5.89. The van der Waals surface area contributed by atoms with Crippen molar-refractivity contribution in [2.24, 2.45) is 16.6 Å². The number of nitrogens with zero attached hydrogens (tertiary/aromatic N) is 2. The average Bonchev–Trinajstić information content (AvgIpc) is 3.13. The van der Waals surface area contributed by atoms with Crippen molar-refractivity contribution in [2.45, 2.75) is 45.6 Å². The summed E-state index contributed by atoms with van der Waals surface area (Å²) in [5.41, 5.74) is 6.82. The van der Waals surface area contributed by atoms with E-state index < -0.39 is 5.91 Å². The molecule has 4 rings (SSSR count). The number of benzene rings is 2. The molecule has 1 aliphatic carbocycles. The van der Waals surface area contributed by atoms with Gasteiger partial charge >= 0.3 is 0 Å². The summed E-state index contributed by atoms with van der Waals surface area (Å²) in [5, 5.41) is 0.710. The quantitative estimate of drug-likeness (QED) is 0.398. The molecule has 1 aliphatic heterocycles. The van der Waals surface area contributed by atoms with Gasteiger partial charge < -0.3 is 15.2 Å². The van der Waals surface area contributed by atoms with E-state index in [2.05, 4.69) is 22.9 Å². The zero-order valence-electron chi connectivity index (χ0n) is 20.4. The topological polar surface area (TPSA) is 94.2 Å². The van der Waals surface area contributed by atoms with Crippen molar-refractivity contribution in [1.29, 1.82) is 0 Å². The molecule has 2 N–H and O–H groups in total. The summed E-state index contributed by atoms with van der Waals surface area (Å²) >= 11 is 4.90. The number of carbonyl (C=O) groups is 2. The summed E-state index contributed by atoms with van der Waals surface area (Å²) in [6, 6.07) is 13.5. The van der Waals surface area contributed by atoms with Crippen molar-refractivity contribution in [3.8, 4) is 11.5 Å². The molecule has 0 aromatic heterocycles. The fourth-order valence-corrected chi connectivity index (χ4v) is 6.14. The van der Waals surface area contributed by atoms with Gasteiger partial charge in [-0.25, -0.2) is 4.99 Å². The van der Waals surface area contributed by atoms with E-state index in [1.165, 1.54) is 18.2 Å². The number of carbonyl (C=O) groups excluding carboxylic acids is 2. The molecule has 36 heavy (non-hydrogen) atoms. The van der Waals surface area contributed by atoms with Crippen molar-refractivity contribution < 1.29 is 19.1 Å². The van der Waals surface area contributed by atoms with E-state index >= 15 is 0 Å². The van der Waals surface area contributed by atoms with Gasteiger partial charge in [-0.15, -0.1) is 0 Å². The Balaban J connectivity index is 1.70. The molecule has 0 spiro atoms. The van der Waals surface area contributed by atoms with E-state index in [0.29, 0.717) is 38.6 Å². The van der Waals surface area contributed by atoms with Crippen LogP contribution in [0.5, 0.6) is 11.5 Å². The van der Waals surface area contributed by atoms with Gasteiger partial charge in [0, 0.05) is 6.04 Å². The molecular weight excluding hydrogens is 542 g/mol. The van der Waals surface area contributed by atoms with Gasteiger partial charge in [0.2, 0.25) is 0 Å². The Labute approximate surface area is 224 Å². The lowest BCUT2D eigenvalue weighted by atomic mass is 9.85. The van der Waals surface area contributed by atoms with Crippen LogP contribution in [0.2, 0.25) is 0 Å². The largest absolute Gasteiger partial charge is 0.490 e. The second kappa shape index (κ2) is 12.0. The maximum atomic E-state index is 13.7. The number of nitrogens with two attached hydrogens (primary N) is 1. The van der Waals surface area contributed by atoms with Gasteiger partial charge in [-0.05, 0) is 89.3 Å². The fraction of sp³-hybridized carbons (Fsp3) is 0.370. The van der Waals surface area contributed by atoms with Gasteiger partial charge in [-0.1, -0.05) is 38.0 Å². The summed E-state index contributed by atoms with van der Waals surface area (Å²) in [6.45, 7) is 4.23. The normalized spacial score (nSPS) is 22.3. The molecule has 2 fully saturated rings. The molecule has 0 bridgehead atoms. The standard InChI is InChI=1S/C27H30BrN3O4S/c1-3-34-22-14-18(13-20(28)25(22)35-16-24(29)32)15-23-26(33)31(21-12-8-7-9-17(21)2)27(36-23)30-19-10-5-4-6-11-19/h4-6,10-11,13-15,17,21H,3,7-9,12,16H2,1-2H3,(H2,29,32)/b23-15-,30-27?/t17-,21-/m1/s1. The summed E-state index contributed by atoms with van der Waals surface area (Å²) in [7, 11) is 0. The third kappa shape index (κ3) is 6.13. The number of amides is 2. The second-order valence-corrected chi connectivity index (χ2v) is 10.7. The SMILES string of the molecule is CCOc1cc(/C=C2\SC(=Nc3ccccc3)N([C@@H]3CCCC[C@H]3C)C2=O)cc(Br)c1OCC(N)=O. The monoisotopic (exact) mass is 571 g/mol. The van der Waals surface area contributed by atoms with Gasteiger partial charge in [0.15, 0.2) is 23.3 Å². The van der Waals surface area contributed by atoms with E-state index in [9.17, 15) is 9.59 Å². The average molecular weight is 573 g/mol. The van der Waals surface area contributed by atoms with Gasteiger partial charge in [-0.2, -0.15) is 0 Å². The van der Waals surface area contributed by atoms with Gasteiger partial charge in [0.25, 0.3) is 11.8 Å². The Morgan fingerprint density at radius 3 is 2.67 bits per heavy atom. The number of aliphatic imine (C=N–C) groups is 1. The lowest BCUT2D eigenvalue weighted by molar-refractivity contribution is -0.125. The smallest absolute Gasteiger partial charge is 0.267 e. The number of amidine groups is 1. The third-order valence-electron chi connectivity index (χ3n) is 6.20. The molecular formula is C27H30BrN3O4S. The summed E-state index contributed by atoms with van der Waals surface area (Å²) in [6.07, 6.45) is 6.23. The van der Waals surface area contributed by atoms with Crippen molar-refractivity contribution in [3.63, 3.8) is 0 Å². The zero-order chi connectivity index (χ0) is 25.7. The first-order valence-corrected chi connectivity index (χ1v) is 13.7. The Morgan fingerprint density at radius 1 is 1.22 bits per heavy atom. The van der Waals surface area contributed by atoms with Crippen molar-refractivity contribution in [2.75, 3.05) is 13.2 Å². The summed E-state index contributed by atoms with van der Waals surface area (Å²) in [4.78, 5) is 32.3. The second-order valence-electron chi connectivity index (χ2n) is 8.86. The molecule has 1 saturated heterocycles. The lowest BCUT2D eigenvalue weighted by Crippen LogP contribution is -2.44. The Kier molecular flexibility index (Phi) is 8.74. The van der Waals surface area contributed by atoms with Crippen LogP contribution in [-0.4, -0.2) is 41.1 Å². The highest BCUT2D eigenvalue weighted by molar-refractivity contribution is 9.10. The minimum Gasteiger partial charge on any atom is -0.490 e. The molecule has 1 heterocycles. The molecule has 0 unspecified atom stereocenters. The van der Waals surface area contributed by atoms with Gasteiger partial charge in [0.05, 0.1) is 21.7 Å². The molecule has 2 aliphatic rings. The first-order chi connectivity index (χ1) is 17.4. The molecule has 2 aromatic rings. The Bertz CT molecular complexity index is 1190. The van der Waals surface area contributed by atoms with Crippen LogP contribution in [-0.2, 0) is 9.59 Å². The number of halogens is 1. The van der Waals surface area contributed by atoms with Crippen LogP contribution in [0.25, 0.3) is 6.08 Å². The van der Waals surface area contributed by atoms with Crippen molar-refractivity contribution >= 4 is 56.4 Å². The molecule has 2 aromatic carbocycles. The van der Waals surface area contributed by atoms with Crippen LogP contribution in [0.1, 0.15) is 45.1 Å². The van der Waals surface area contributed by atoms with Crippen LogP contribution >= 0.6 is 27.7 Å². The molecule has 2 atom stereocenters. The van der Waals surface area contributed by atoms with Crippen LogP contribution in [0.4, 0.5) is 5.69 Å². The highest BCUT2D eigenvalue weighted by Gasteiger charge is 2.41. The number of rotatable bonds is 8. The van der Waals surface area contributed by atoms with E-state index in [-0.39, 0.29) is 18.6 Å². The number of hydrogen-bond acceptors (Lipinski definition) is 6. The molecule has 9 heteroatoms. The van der Waals surface area contributed by atoms with Crippen LogP contribution < -0.4 is 15.2 Å². The maximum absolute atomic E-state index is 13.7. The first kappa shape index (κ1) is 26.3. The van der Waals surface area contributed by atoms with Crippen LogP contribution in [0.3, 0.4) is 0 Å². The van der Waals surface area contributed by atoms with Crippen molar-refractivity contribution in [3.05, 3.63) is 57.4 Å². The fourth-order valence-electron chi connectivity index (χ4n) is 4.52. The summed E-state index contributed by atoms with van der Waals surface area (Å²) in [5.74, 6) is 0.657. The first-order valence-electron chi connectivity index (χ1n) is 12.1. The lowest BCUT2D eigenvalue weighted by Gasteiger charge is -2.35. The summed E-state index contributed by atoms with van der Waals surface area (Å²) < 4.78 is 11.9. The minimum absolute atomic E-state index is 0.0310. The highest BCUT2D eigenvalue weighted by atomic mass is 79.9. The number of thioether (sulfide) groups is 1. The van der Waals surface area contributed by atoms with E-state index in [1.807, 2.05) is 54.3 Å². The number of primary amides is 1. The Morgan fingerprint density at radius 2 is 1.97 bits per heavy atom. The number of ether oxygens (including phenoxy) is 2. The third-order valence-corrected chi connectivity index (χ3v) is 7.78. The molecule has 7 nitrogen and oxygen atoms in total. The van der Waals surface area contributed by atoms with Crippen molar-refractivity contribution in [1.82, 2.24) is 4.90 Å². The molecule has 2 amide bonds. The van der Waals surface area contributed by atoms with Crippen LogP contribution in [0.15, 0.2) is 56.8 Å². The van der Waals surface area contributed by atoms with E-state index in [0.717, 1.165) is 30.5 Å². The number of hydrogen-bond donors (Lipinski definition) is 1. The molecule has 1 saturated carbocycles. The maximum Gasteiger partial charge on any atom is 0.267 e. The molecule has 0 radical (unpaired) electrons.